The van der Waals surface area contributed by atoms with Gasteiger partial charge in [0, 0.05) is 43.0 Å². The Bertz CT molecular complexity index is 2130. The molecule has 0 unspecified atom stereocenters. The van der Waals surface area contributed by atoms with Crippen LogP contribution in [0.25, 0.3) is 22.8 Å². The van der Waals surface area contributed by atoms with Crippen LogP contribution < -0.4 is 89.1 Å². The number of pyridine rings is 4. The second kappa shape index (κ2) is 32.5. The minimum absolute atomic E-state index is 0. The smallest absolute Gasteiger partial charge is 1.00 e. The van der Waals surface area contributed by atoms with Crippen molar-refractivity contribution in [3.63, 3.8) is 0 Å². The predicted molar refractivity (Wildman–Crippen MR) is 232 cm³/mol. The van der Waals surface area contributed by atoms with Gasteiger partial charge < -0.3 is 67.9 Å². The van der Waals surface area contributed by atoms with Gasteiger partial charge in [0.05, 0.1) is 28.8 Å². The van der Waals surface area contributed by atoms with Gasteiger partial charge in [0.15, 0.2) is 0 Å². The van der Waals surface area contributed by atoms with Crippen LogP contribution in [-0.4, -0.2) is 19.9 Å². The van der Waals surface area contributed by atoms with Crippen molar-refractivity contribution in [1.82, 2.24) is 19.9 Å². The molecule has 61 heavy (non-hydrogen) atoms. The van der Waals surface area contributed by atoms with Crippen LogP contribution in [-0.2, 0) is 46.5 Å². The summed E-state index contributed by atoms with van der Waals surface area (Å²) < 4.78 is 0. The maximum Gasteiger partial charge on any atom is 2.00 e. The van der Waals surface area contributed by atoms with Crippen molar-refractivity contribution >= 4 is 37.1 Å². The summed E-state index contributed by atoms with van der Waals surface area (Å²) in [5.41, 5.74) is 5.90. The average Bonchev–Trinajstić information content (AvgIpc) is 3.27. The van der Waals surface area contributed by atoms with E-state index in [9.17, 15) is 0 Å². The average molecular weight is 1180 g/mol. The number of hydrogen-bond donors (Lipinski definition) is 0. The summed E-state index contributed by atoms with van der Waals surface area (Å²) in [5.74, 6) is 0. The third kappa shape index (κ3) is 18.2. The van der Waals surface area contributed by atoms with Crippen molar-refractivity contribution in [2.45, 2.75) is 19.2 Å². The first-order valence-electron chi connectivity index (χ1n) is 18.0. The third-order valence-corrected chi connectivity index (χ3v) is 13.3. The van der Waals surface area contributed by atoms with E-state index in [1.54, 1.807) is 6.07 Å². The van der Waals surface area contributed by atoms with Crippen molar-refractivity contribution < 1.29 is 102 Å². The number of nitrogens with zero attached hydrogens (tertiary/aromatic N) is 5. The van der Waals surface area contributed by atoms with Crippen LogP contribution in [0.15, 0.2) is 207 Å². The largest absolute Gasteiger partial charge is 2.00 e. The van der Waals surface area contributed by atoms with Crippen LogP contribution in [0, 0.1) is 11.3 Å². The molecule has 0 amide bonds. The van der Waals surface area contributed by atoms with E-state index in [-0.39, 0.29) is 102 Å². The minimum Gasteiger partial charge on any atom is -1.00 e. The fourth-order valence-electron chi connectivity index (χ4n) is 5.87. The summed E-state index contributed by atoms with van der Waals surface area (Å²) in [6.45, 7) is 1.43. The summed E-state index contributed by atoms with van der Waals surface area (Å²) in [5, 5.41) is 12.8. The van der Waals surface area contributed by atoms with Gasteiger partial charge in [-0.25, -0.2) is 0 Å². The molecule has 0 aliphatic carbocycles. The molecule has 8 rings (SSSR count). The second-order valence-corrected chi connectivity index (χ2v) is 16.6. The van der Waals surface area contributed by atoms with Gasteiger partial charge in [-0.3, -0.25) is 19.9 Å². The molecule has 0 spiro atoms. The molecule has 0 saturated carbocycles. The number of rotatable bonds is 10. The first kappa shape index (κ1) is 57.8. The number of benzene rings is 4. The maximum absolute atomic E-state index is 7.32. The molecule has 4 aromatic heterocycles. The summed E-state index contributed by atoms with van der Waals surface area (Å²) in [4.78, 5) is 18.6. The molecule has 0 aliphatic rings. The standard InChI is InChI=1S/2C23H19N2P.C2H3N.4BrH.2Fe/c2*1-3-11-20(12-4-1)26(21-13-5-2-6-14-21)18-19-10-9-16-23(25-19)22-15-7-8-17-24-22;1-2-3;;;;;;/h2*1-17H,18H2;1H3;4*1H;;/q;;;;;;;2*+2/p-4. The minimum atomic E-state index is -0.491. The Labute approximate surface area is 426 Å². The Hall–Kier alpha value is -3.21. The fourth-order valence-corrected chi connectivity index (χ4v) is 10.3. The Balaban J connectivity index is 0.00000101. The molecule has 4 aromatic carbocycles. The van der Waals surface area contributed by atoms with E-state index in [2.05, 4.69) is 156 Å². The number of nitriles is 1. The summed E-state index contributed by atoms with van der Waals surface area (Å²) >= 11 is 0. The Morgan fingerprint density at radius 2 is 0.639 bits per heavy atom. The van der Waals surface area contributed by atoms with E-state index in [0.717, 1.165) is 46.5 Å². The van der Waals surface area contributed by atoms with E-state index in [1.165, 1.54) is 28.1 Å². The molecule has 5 nitrogen and oxygen atoms in total. The molecule has 0 fully saturated rings. The Kier molecular flexibility index (Phi) is 30.8. The monoisotopic (exact) mass is 1180 g/mol. The Morgan fingerprint density at radius 1 is 0.377 bits per heavy atom. The van der Waals surface area contributed by atoms with Crippen LogP contribution in [0.1, 0.15) is 18.3 Å². The molecule has 0 bridgehead atoms. The molecule has 0 saturated heterocycles. The molecule has 13 heteroatoms. The van der Waals surface area contributed by atoms with Crippen LogP contribution in [0.4, 0.5) is 0 Å². The van der Waals surface area contributed by atoms with Crippen LogP contribution in [0.5, 0.6) is 0 Å². The van der Waals surface area contributed by atoms with E-state index in [4.69, 9.17) is 15.2 Å². The van der Waals surface area contributed by atoms with Crippen molar-refractivity contribution in [2.24, 2.45) is 0 Å². The van der Waals surface area contributed by atoms with Crippen molar-refractivity contribution in [3.05, 3.63) is 218 Å². The van der Waals surface area contributed by atoms with Gasteiger partial charge in [-0.05, 0) is 85.6 Å². The molecule has 8 aromatic rings. The zero-order valence-corrected chi connectivity index (χ0v) is 43.2. The predicted octanol–water partition coefficient (Wildman–Crippen LogP) is -1.91. The van der Waals surface area contributed by atoms with Crippen LogP contribution >= 0.6 is 15.8 Å². The molecular formula is C48H41Br4Fe2N5P2. The van der Waals surface area contributed by atoms with E-state index >= 15 is 0 Å². The van der Waals surface area contributed by atoms with Gasteiger partial charge in [-0.15, -0.1) is 0 Å². The van der Waals surface area contributed by atoms with Gasteiger partial charge in [-0.2, -0.15) is 5.26 Å². The summed E-state index contributed by atoms with van der Waals surface area (Å²) in [6.07, 6.45) is 5.46. The fraction of sp³-hybridized carbons (Fsp3) is 0.0625. The van der Waals surface area contributed by atoms with E-state index in [0.29, 0.717) is 0 Å². The SMILES string of the molecule is CC#N.[Br-].[Br-].[Br-].[Br-].[Fe+2].[Fe+2].c1ccc(P(Cc2cccc(-c3ccccn3)n2)c2ccccc2)cc1.c1ccc(P(Cc2cccc(-c3ccccn3)n2)c2ccccc2)cc1. The number of aromatic nitrogens is 4. The molecule has 0 aliphatic heterocycles. The normalized spacial score (nSPS) is 9.34. The second-order valence-electron chi connectivity index (χ2n) is 12.2. The topological polar surface area (TPSA) is 75.3 Å². The van der Waals surface area contributed by atoms with Gasteiger partial charge in [0.1, 0.15) is 0 Å². The van der Waals surface area contributed by atoms with E-state index < -0.39 is 15.8 Å². The van der Waals surface area contributed by atoms with Gasteiger partial charge >= 0.3 is 34.1 Å². The summed E-state index contributed by atoms with van der Waals surface area (Å²) in [7, 11) is -0.983. The quantitative estimate of drug-likeness (QED) is 0.118. The van der Waals surface area contributed by atoms with Crippen molar-refractivity contribution in [2.75, 3.05) is 0 Å². The summed E-state index contributed by atoms with van der Waals surface area (Å²) in [6, 6.07) is 69.1. The molecular weight excluding hydrogens is 1140 g/mol. The van der Waals surface area contributed by atoms with Gasteiger partial charge in [0.25, 0.3) is 0 Å². The van der Waals surface area contributed by atoms with Crippen LogP contribution in [0.2, 0.25) is 0 Å². The zero-order chi connectivity index (χ0) is 37.9. The molecule has 0 atom stereocenters. The maximum atomic E-state index is 7.32. The molecule has 312 valence electrons. The number of hydrogen-bond acceptors (Lipinski definition) is 5. The van der Waals surface area contributed by atoms with E-state index in [1.807, 2.05) is 60.9 Å². The Morgan fingerprint density at radius 3 is 0.902 bits per heavy atom. The van der Waals surface area contributed by atoms with Crippen LogP contribution in [0.3, 0.4) is 0 Å². The number of halogens is 4. The van der Waals surface area contributed by atoms with Crippen molar-refractivity contribution in [1.29, 1.82) is 5.26 Å². The first-order valence-corrected chi connectivity index (χ1v) is 21.1. The van der Waals surface area contributed by atoms with Crippen molar-refractivity contribution in [3.8, 4) is 28.8 Å². The zero-order valence-electron chi connectivity index (χ0n) is 32.9. The molecule has 0 radical (unpaired) electrons. The molecule has 4 heterocycles. The third-order valence-electron chi connectivity index (χ3n) is 8.38. The first-order chi connectivity index (χ1) is 27.2. The van der Waals surface area contributed by atoms with Gasteiger partial charge in [-0.1, -0.05) is 146 Å². The van der Waals surface area contributed by atoms with Gasteiger partial charge in [0.2, 0.25) is 0 Å². The molecule has 0 N–H and O–H groups in total.